The number of nitro groups is 1. The van der Waals surface area contributed by atoms with Crippen LogP contribution >= 0.6 is 0 Å². The van der Waals surface area contributed by atoms with Crippen LogP contribution in [0.25, 0.3) is 0 Å². The second-order valence-electron chi connectivity index (χ2n) is 7.65. The molecular weight excluding hydrogens is 386 g/mol. The molecule has 1 heterocycles. The second kappa shape index (κ2) is 9.39. The summed E-state index contributed by atoms with van der Waals surface area (Å²) in [7, 11) is 0. The van der Waals surface area contributed by atoms with Crippen molar-refractivity contribution in [2.45, 2.75) is 26.7 Å². The third kappa shape index (κ3) is 5.34. The Morgan fingerprint density at radius 1 is 1.27 bits per heavy atom. The molecule has 0 aromatic heterocycles. The second-order valence-corrected chi connectivity index (χ2v) is 7.65. The molecule has 1 unspecified atom stereocenters. The molecule has 1 N–H and O–H groups in total. The normalized spacial score (nSPS) is 16.1. The van der Waals surface area contributed by atoms with Crippen molar-refractivity contribution >= 4 is 28.9 Å². The number of anilines is 2. The van der Waals surface area contributed by atoms with Crippen LogP contribution in [0.2, 0.25) is 0 Å². The molecule has 1 amide bonds. The number of amides is 1. The fourth-order valence-corrected chi connectivity index (χ4v) is 3.61. The van der Waals surface area contributed by atoms with E-state index in [1.54, 1.807) is 24.3 Å². The number of nitrogens with zero attached hydrogens (tertiary/aromatic N) is 2. The van der Waals surface area contributed by atoms with Gasteiger partial charge in [-0.3, -0.25) is 14.9 Å². The van der Waals surface area contributed by atoms with Crippen LogP contribution in [-0.2, 0) is 9.53 Å². The van der Waals surface area contributed by atoms with Crippen molar-refractivity contribution in [3.63, 3.8) is 0 Å². The molecule has 158 valence electrons. The van der Waals surface area contributed by atoms with E-state index >= 15 is 0 Å². The summed E-state index contributed by atoms with van der Waals surface area (Å²) < 4.78 is 5.04. The van der Waals surface area contributed by atoms with E-state index in [1.807, 2.05) is 17.9 Å². The van der Waals surface area contributed by atoms with Crippen molar-refractivity contribution in [2.75, 3.05) is 29.9 Å². The fraction of sp³-hybridized carbons (Fsp3) is 0.364. The number of esters is 1. The van der Waals surface area contributed by atoms with Gasteiger partial charge in [0, 0.05) is 24.8 Å². The van der Waals surface area contributed by atoms with Crippen molar-refractivity contribution in [3.8, 4) is 0 Å². The van der Waals surface area contributed by atoms with Crippen LogP contribution in [0.3, 0.4) is 0 Å². The lowest BCUT2D eigenvalue weighted by Gasteiger charge is -2.32. The highest BCUT2D eigenvalue weighted by molar-refractivity contribution is 5.96. The zero-order valence-corrected chi connectivity index (χ0v) is 17.1. The van der Waals surface area contributed by atoms with Crippen LogP contribution in [0, 0.1) is 23.0 Å². The van der Waals surface area contributed by atoms with E-state index in [1.165, 1.54) is 12.1 Å². The molecule has 1 atom stereocenters. The number of hydrogen-bond donors (Lipinski definition) is 1. The SMILES string of the molecule is Cc1cccc(NC(=O)COC(=O)c2ccc(N3CCCC(C)C3)c([N+](=O)[O-])c2)c1. The van der Waals surface area contributed by atoms with Crippen LogP contribution in [0.15, 0.2) is 42.5 Å². The van der Waals surface area contributed by atoms with E-state index in [4.69, 9.17) is 4.74 Å². The lowest BCUT2D eigenvalue weighted by atomic mass is 9.99. The molecular formula is C22H25N3O5. The Morgan fingerprint density at radius 3 is 2.77 bits per heavy atom. The molecule has 0 radical (unpaired) electrons. The lowest BCUT2D eigenvalue weighted by molar-refractivity contribution is -0.384. The number of carbonyl (C=O) groups excluding carboxylic acids is 2. The average molecular weight is 411 g/mol. The predicted octanol–water partition coefficient (Wildman–Crippen LogP) is 3.94. The number of ether oxygens (including phenoxy) is 1. The topological polar surface area (TPSA) is 102 Å². The molecule has 1 aliphatic heterocycles. The summed E-state index contributed by atoms with van der Waals surface area (Å²) >= 11 is 0. The van der Waals surface area contributed by atoms with Gasteiger partial charge in [0.05, 0.1) is 10.5 Å². The molecule has 3 rings (SSSR count). The molecule has 0 saturated carbocycles. The van der Waals surface area contributed by atoms with Gasteiger partial charge in [0.1, 0.15) is 5.69 Å². The van der Waals surface area contributed by atoms with E-state index in [2.05, 4.69) is 12.2 Å². The molecule has 0 aliphatic carbocycles. The molecule has 2 aromatic carbocycles. The summed E-state index contributed by atoms with van der Waals surface area (Å²) in [5.74, 6) is -0.812. The van der Waals surface area contributed by atoms with Gasteiger partial charge in [-0.2, -0.15) is 0 Å². The Hall–Kier alpha value is -3.42. The monoisotopic (exact) mass is 411 g/mol. The van der Waals surface area contributed by atoms with Gasteiger partial charge in [-0.25, -0.2) is 4.79 Å². The smallest absolute Gasteiger partial charge is 0.338 e. The summed E-state index contributed by atoms with van der Waals surface area (Å²) in [5, 5.41) is 14.2. The Balaban J connectivity index is 1.66. The Labute approximate surface area is 175 Å². The molecule has 8 nitrogen and oxygen atoms in total. The molecule has 0 spiro atoms. The first-order valence-corrected chi connectivity index (χ1v) is 9.90. The van der Waals surface area contributed by atoms with Crippen molar-refractivity contribution in [1.82, 2.24) is 0 Å². The van der Waals surface area contributed by atoms with Gasteiger partial charge in [0.25, 0.3) is 11.6 Å². The van der Waals surface area contributed by atoms with Crippen LogP contribution in [0.4, 0.5) is 17.1 Å². The van der Waals surface area contributed by atoms with E-state index in [0.29, 0.717) is 17.3 Å². The van der Waals surface area contributed by atoms with Crippen LogP contribution in [0.1, 0.15) is 35.7 Å². The first-order valence-electron chi connectivity index (χ1n) is 9.90. The molecule has 0 bridgehead atoms. The Morgan fingerprint density at radius 2 is 2.07 bits per heavy atom. The van der Waals surface area contributed by atoms with Crippen molar-refractivity contribution in [1.29, 1.82) is 0 Å². The quantitative estimate of drug-likeness (QED) is 0.439. The maximum atomic E-state index is 12.3. The summed E-state index contributed by atoms with van der Waals surface area (Å²) in [6.07, 6.45) is 2.07. The molecule has 8 heteroatoms. The molecule has 2 aromatic rings. The number of aryl methyl sites for hydroxylation is 1. The molecule has 1 aliphatic rings. The van der Waals surface area contributed by atoms with Crippen molar-refractivity contribution in [3.05, 3.63) is 63.7 Å². The van der Waals surface area contributed by atoms with Gasteiger partial charge in [-0.05, 0) is 55.5 Å². The number of nitro benzene ring substituents is 1. The highest BCUT2D eigenvalue weighted by atomic mass is 16.6. The van der Waals surface area contributed by atoms with E-state index in [0.717, 1.165) is 31.5 Å². The number of hydrogen-bond acceptors (Lipinski definition) is 6. The lowest BCUT2D eigenvalue weighted by Crippen LogP contribution is -2.34. The third-order valence-electron chi connectivity index (χ3n) is 5.04. The first-order chi connectivity index (χ1) is 14.3. The summed E-state index contributed by atoms with van der Waals surface area (Å²) in [6.45, 7) is 5.02. The number of carbonyl (C=O) groups is 2. The van der Waals surface area contributed by atoms with Crippen LogP contribution < -0.4 is 10.2 Å². The minimum Gasteiger partial charge on any atom is -0.452 e. The number of piperidine rings is 1. The molecule has 1 saturated heterocycles. The third-order valence-corrected chi connectivity index (χ3v) is 5.04. The molecule has 1 fully saturated rings. The van der Waals surface area contributed by atoms with Crippen molar-refractivity contribution < 1.29 is 19.2 Å². The van der Waals surface area contributed by atoms with E-state index < -0.39 is 23.4 Å². The molecule has 30 heavy (non-hydrogen) atoms. The van der Waals surface area contributed by atoms with Gasteiger partial charge >= 0.3 is 5.97 Å². The average Bonchev–Trinajstić information content (AvgIpc) is 2.71. The Bertz CT molecular complexity index is 960. The minimum absolute atomic E-state index is 0.0406. The van der Waals surface area contributed by atoms with Gasteiger partial charge in [-0.1, -0.05) is 19.1 Å². The number of nitrogens with one attached hydrogen (secondary N) is 1. The van der Waals surface area contributed by atoms with Gasteiger partial charge < -0.3 is 15.0 Å². The highest BCUT2D eigenvalue weighted by Crippen LogP contribution is 2.32. The van der Waals surface area contributed by atoms with Gasteiger partial charge in [0.2, 0.25) is 0 Å². The zero-order chi connectivity index (χ0) is 21.7. The van der Waals surface area contributed by atoms with Gasteiger partial charge in [0.15, 0.2) is 6.61 Å². The zero-order valence-electron chi connectivity index (χ0n) is 17.1. The Kier molecular flexibility index (Phi) is 6.66. The van der Waals surface area contributed by atoms with Gasteiger partial charge in [-0.15, -0.1) is 0 Å². The summed E-state index contributed by atoms with van der Waals surface area (Å²) in [4.78, 5) is 37.4. The maximum Gasteiger partial charge on any atom is 0.338 e. The fourth-order valence-electron chi connectivity index (χ4n) is 3.61. The van der Waals surface area contributed by atoms with Crippen molar-refractivity contribution in [2.24, 2.45) is 5.92 Å². The van der Waals surface area contributed by atoms with Crippen LogP contribution in [0.5, 0.6) is 0 Å². The minimum atomic E-state index is -0.781. The van der Waals surface area contributed by atoms with E-state index in [9.17, 15) is 19.7 Å². The number of rotatable bonds is 6. The summed E-state index contributed by atoms with van der Waals surface area (Å²) in [5.41, 5.74) is 1.99. The maximum absolute atomic E-state index is 12.3. The highest BCUT2D eigenvalue weighted by Gasteiger charge is 2.25. The standard InChI is InChI=1S/C22H25N3O5/c1-15-5-3-7-18(11-15)23-21(26)14-30-22(27)17-8-9-19(20(12-17)25(28)29)24-10-4-6-16(2)13-24/h3,5,7-9,11-12,16H,4,6,10,13-14H2,1-2H3,(H,23,26). The summed E-state index contributed by atoms with van der Waals surface area (Å²) in [6, 6.07) is 11.5. The predicted molar refractivity (Wildman–Crippen MR) is 114 cm³/mol. The number of benzene rings is 2. The van der Waals surface area contributed by atoms with Crippen LogP contribution in [-0.4, -0.2) is 36.5 Å². The van der Waals surface area contributed by atoms with E-state index in [-0.39, 0.29) is 11.3 Å². The largest absolute Gasteiger partial charge is 0.452 e. The first kappa shape index (κ1) is 21.3.